The zero-order valence-corrected chi connectivity index (χ0v) is 25.3. The third-order valence-electron chi connectivity index (χ3n) is 7.97. The molecule has 3 heterocycles. The Bertz CT molecular complexity index is 2250. The van der Waals surface area contributed by atoms with Crippen LogP contribution in [0.3, 0.4) is 0 Å². The molecule has 0 aliphatic rings. The minimum Gasteiger partial charge on any atom is -0.476 e. The van der Waals surface area contributed by atoms with E-state index in [4.69, 9.17) is 10.7 Å². The van der Waals surface area contributed by atoms with Gasteiger partial charge in [0.1, 0.15) is 11.6 Å². The van der Waals surface area contributed by atoms with Crippen molar-refractivity contribution in [3.05, 3.63) is 144 Å². The highest BCUT2D eigenvalue weighted by atomic mass is 16.4. The van der Waals surface area contributed by atoms with Crippen LogP contribution in [0.15, 0.2) is 121 Å². The van der Waals surface area contributed by atoms with Gasteiger partial charge in [-0.25, -0.2) is 19.4 Å². The second-order valence-corrected chi connectivity index (χ2v) is 11.1. The number of rotatable bonds is 8. The Morgan fingerprint density at radius 3 is 2.28 bits per heavy atom. The van der Waals surface area contributed by atoms with Gasteiger partial charge in [-0.3, -0.25) is 9.36 Å². The van der Waals surface area contributed by atoms with Crippen LogP contribution in [0.5, 0.6) is 0 Å². The molecule has 10 nitrogen and oxygen atoms in total. The summed E-state index contributed by atoms with van der Waals surface area (Å²) in [6.45, 7) is 2.10. The number of fused-ring (bicyclic) bond motifs is 1. The van der Waals surface area contributed by atoms with Crippen LogP contribution < -0.4 is 11.1 Å². The van der Waals surface area contributed by atoms with Gasteiger partial charge >= 0.3 is 5.97 Å². The van der Waals surface area contributed by atoms with Crippen molar-refractivity contribution in [1.82, 2.24) is 29.6 Å². The van der Waals surface area contributed by atoms with Crippen LogP contribution in [0.25, 0.3) is 44.9 Å². The number of nitrogen functional groups attached to an aromatic ring is 1. The minimum atomic E-state index is -1.09. The van der Waals surface area contributed by atoms with Gasteiger partial charge in [0.05, 0.1) is 22.3 Å². The molecule has 0 aliphatic heterocycles. The first-order valence-corrected chi connectivity index (χ1v) is 14.9. The van der Waals surface area contributed by atoms with Crippen molar-refractivity contribution in [1.29, 1.82) is 0 Å². The first kappa shape index (κ1) is 29.2. The van der Waals surface area contributed by atoms with E-state index in [0.29, 0.717) is 35.1 Å². The number of aromatic nitrogens is 5. The molecule has 1 amide bonds. The molecule has 7 aromatic rings. The number of carbonyl (C=O) groups excluding carboxylic acids is 1. The molecule has 0 saturated carbocycles. The van der Waals surface area contributed by atoms with E-state index in [2.05, 4.69) is 44.2 Å². The van der Waals surface area contributed by atoms with Crippen molar-refractivity contribution in [2.45, 2.75) is 13.5 Å². The summed E-state index contributed by atoms with van der Waals surface area (Å²) < 4.78 is 3.62. The van der Waals surface area contributed by atoms with Crippen molar-refractivity contribution < 1.29 is 14.7 Å². The summed E-state index contributed by atoms with van der Waals surface area (Å²) in [5, 5.41) is 16.3. The van der Waals surface area contributed by atoms with E-state index < -0.39 is 5.97 Å². The van der Waals surface area contributed by atoms with Crippen LogP contribution in [-0.2, 0) is 6.54 Å². The predicted octanol–water partition coefficient (Wildman–Crippen LogP) is 6.46. The molecular formula is C37H29N7O3. The lowest BCUT2D eigenvalue weighted by atomic mass is 10.1. The highest BCUT2D eigenvalue weighted by Crippen LogP contribution is 2.33. The summed E-state index contributed by atoms with van der Waals surface area (Å²) in [5.41, 5.74) is 14.6. The molecule has 7 rings (SSSR count). The normalized spacial score (nSPS) is 11.1. The number of aromatic carboxylic acids is 1. The molecule has 0 saturated heterocycles. The average molecular weight is 620 g/mol. The zero-order chi connectivity index (χ0) is 32.5. The molecule has 0 spiro atoms. The summed E-state index contributed by atoms with van der Waals surface area (Å²) in [4.78, 5) is 33.5. The monoisotopic (exact) mass is 619 g/mol. The summed E-state index contributed by atoms with van der Waals surface area (Å²) in [7, 11) is 0. The molecule has 10 heteroatoms. The average Bonchev–Trinajstić information content (AvgIpc) is 3.68. The Morgan fingerprint density at radius 1 is 0.830 bits per heavy atom. The van der Waals surface area contributed by atoms with Gasteiger partial charge in [0, 0.05) is 29.7 Å². The Labute approximate surface area is 269 Å². The second-order valence-electron chi connectivity index (χ2n) is 11.1. The molecule has 0 bridgehead atoms. The molecule has 0 unspecified atom stereocenters. The van der Waals surface area contributed by atoms with E-state index >= 15 is 0 Å². The zero-order valence-electron chi connectivity index (χ0n) is 25.3. The van der Waals surface area contributed by atoms with Crippen LogP contribution in [0.4, 0.5) is 5.82 Å². The number of amides is 1. The SMILES string of the molecule is Cc1cc(C(=O)O)nn1-c1ccc(C(=O)NCc2ccc(-n3c(-c4cccnc4N)nc4ccc(-c5ccccc5)cc43)cc2)cc1. The fraction of sp³-hybridized carbons (Fsp3) is 0.0541. The number of carboxylic acid groups (broad SMARTS) is 1. The third kappa shape index (κ3) is 5.71. The summed E-state index contributed by atoms with van der Waals surface area (Å²) in [6.07, 6.45) is 1.66. The molecule has 0 fully saturated rings. The quantitative estimate of drug-likeness (QED) is 0.177. The van der Waals surface area contributed by atoms with Crippen molar-refractivity contribution in [2.75, 3.05) is 5.73 Å². The lowest BCUT2D eigenvalue weighted by Gasteiger charge is -2.12. The molecule has 0 aliphatic carbocycles. The number of hydrogen-bond acceptors (Lipinski definition) is 6. The largest absolute Gasteiger partial charge is 0.476 e. The molecule has 3 aromatic heterocycles. The van der Waals surface area contributed by atoms with Gasteiger partial charge in [-0.1, -0.05) is 48.5 Å². The Hall–Kier alpha value is -6.55. The Kier molecular flexibility index (Phi) is 7.51. The maximum Gasteiger partial charge on any atom is 0.356 e. The summed E-state index contributed by atoms with van der Waals surface area (Å²) >= 11 is 0. The van der Waals surface area contributed by atoms with E-state index in [1.54, 1.807) is 37.4 Å². The maximum absolute atomic E-state index is 13.0. The highest BCUT2D eigenvalue weighted by Gasteiger charge is 2.18. The van der Waals surface area contributed by atoms with Crippen molar-refractivity contribution in [3.8, 4) is 33.9 Å². The van der Waals surface area contributed by atoms with E-state index in [1.165, 1.54) is 10.7 Å². The van der Waals surface area contributed by atoms with E-state index in [1.807, 2.05) is 60.7 Å². The predicted molar refractivity (Wildman–Crippen MR) is 181 cm³/mol. The topological polar surface area (TPSA) is 141 Å². The van der Waals surface area contributed by atoms with Crippen LogP contribution in [-0.4, -0.2) is 41.3 Å². The standard InChI is InChI=1S/C37H29N7O3/c1-23-20-32(37(46)47)42-44(23)29-16-11-26(12-17-29)36(45)40-22-24-9-14-28(15-10-24)43-33-21-27(25-6-3-2-4-7-25)13-18-31(33)41-35(43)30-8-5-19-39-34(30)38/h2-21H,22H2,1H3,(H2,38,39)(H,40,45)(H,46,47). The van der Waals surface area contributed by atoms with Gasteiger partial charge in [0.2, 0.25) is 0 Å². The van der Waals surface area contributed by atoms with Gasteiger partial charge in [-0.2, -0.15) is 5.10 Å². The number of nitrogens with two attached hydrogens (primary N) is 1. The van der Waals surface area contributed by atoms with Gasteiger partial charge in [-0.05, 0) is 90.3 Å². The second kappa shape index (κ2) is 12.1. The summed E-state index contributed by atoms with van der Waals surface area (Å²) in [6, 6.07) is 36.5. The first-order valence-electron chi connectivity index (χ1n) is 14.9. The first-order chi connectivity index (χ1) is 22.9. The van der Waals surface area contributed by atoms with Crippen molar-refractivity contribution >= 4 is 28.7 Å². The smallest absolute Gasteiger partial charge is 0.356 e. The van der Waals surface area contributed by atoms with Crippen molar-refractivity contribution in [3.63, 3.8) is 0 Å². The van der Waals surface area contributed by atoms with Gasteiger partial charge in [-0.15, -0.1) is 0 Å². The van der Waals surface area contributed by atoms with Crippen molar-refractivity contribution in [2.24, 2.45) is 0 Å². The third-order valence-corrected chi connectivity index (χ3v) is 7.97. The molecular weight excluding hydrogens is 590 g/mol. The number of carbonyl (C=O) groups is 2. The van der Waals surface area contributed by atoms with E-state index in [0.717, 1.165) is 39.0 Å². The van der Waals surface area contributed by atoms with Gasteiger partial charge < -0.3 is 16.2 Å². The lowest BCUT2D eigenvalue weighted by Crippen LogP contribution is -2.22. The fourth-order valence-corrected chi connectivity index (χ4v) is 5.58. The Morgan fingerprint density at radius 2 is 1.57 bits per heavy atom. The van der Waals surface area contributed by atoms with Gasteiger partial charge in [0.25, 0.3) is 5.91 Å². The number of aryl methyl sites for hydroxylation is 1. The fourth-order valence-electron chi connectivity index (χ4n) is 5.58. The number of benzene rings is 4. The Balaban J connectivity index is 1.14. The molecule has 0 atom stereocenters. The molecule has 4 aromatic carbocycles. The van der Waals surface area contributed by atoms with E-state index in [-0.39, 0.29) is 11.6 Å². The maximum atomic E-state index is 13.0. The van der Waals surface area contributed by atoms with Gasteiger partial charge in [0.15, 0.2) is 5.69 Å². The molecule has 0 radical (unpaired) electrons. The minimum absolute atomic E-state index is 0.0362. The number of hydrogen-bond donors (Lipinski definition) is 3. The lowest BCUT2D eigenvalue weighted by molar-refractivity contribution is 0.0689. The molecule has 47 heavy (non-hydrogen) atoms. The number of nitrogens with one attached hydrogen (secondary N) is 1. The van der Waals surface area contributed by atoms with Crippen LogP contribution in [0.1, 0.15) is 32.1 Å². The van der Waals surface area contributed by atoms with Crippen LogP contribution >= 0.6 is 0 Å². The number of anilines is 1. The summed E-state index contributed by atoms with van der Waals surface area (Å²) in [5.74, 6) is -0.244. The molecule has 230 valence electrons. The number of carboxylic acids is 1. The molecule has 4 N–H and O–H groups in total. The van der Waals surface area contributed by atoms with Crippen LogP contribution in [0, 0.1) is 6.92 Å². The number of pyridine rings is 1. The van der Waals surface area contributed by atoms with E-state index in [9.17, 15) is 14.7 Å². The number of nitrogens with zero attached hydrogens (tertiary/aromatic N) is 5. The highest BCUT2D eigenvalue weighted by molar-refractivity contribution is 5.94. The number of imidazole rings is 1. The van der Waals surface area contributed by atoms with Crippen LogP contribution in [0.2, 0.25) is 0 Å².